The zero-order valence-electron chi connectivity index (χ0n) is 15.3. The normalized spacial score (nSPS) is 13.5. The van der Waals surface area contributed by atoms with Gasteiger partial charge in [-0.2, -0.15) is 9.97 Å². The first-order valence-corrected chi connectivity index (χ1v) is 9.42. The molecule has 0 amide bonds. The van der Waals surface area contributed by atoms with Crippen LogP contribution < -0.4 is 17.0 Å². The maximum absolute atomic E-state index is 12.5. The van der Waals surface area contributed by atoms with Gasteiger partial charge < -0.3 is 21.0 Å². The zero-order valence-corrected chi connectivity index (χ0v) is 16.1. The van der Waals surface area contributed by atoms with Crippen molar-refractivity contribution >= 4 is 45.3 Å². The number of nitrogen functional groups attached to an aromatic ring is 2. The summed E-state index contributed by atoms with van der Waals surface area (Å²) < 4.78 is 1.94. The van der Waals surface area contributed by atoms with Crippen molar-refractivity contribution < 1.29 is 0 Å². The van der Waals surface area contributed by atoms with Gasteiger partial charge in [-0.25, -0.2) is 4.98 Å². The van der Waals surface area contributed by atoms with Gasteiger partial charge in [-0.1, -0.05) is 30.7 Å². The Bertz CT molecular complexity index is 1230. The van der Waals surface area contributed by atoms with E-state index in [-0.39, 0.29) is 11.5 Å². The van der Waals surface area contributed by atoms with Gasteiger partial charge in [0.05, 0.1) is 16.7 Å². The number of aromatic amines is 1. The lowest BCUT2D eigenvalue weighted by Crippen LogP contribution is -2.22. The molecule has 3 heterocycles. The van der Waals surface area contributed by atoms with Gasteiger partial charge in [0.2, 0.25) is 5.95 Å². The van der Waals surface area contributed by atoms with Crippen molar-refractivity contribution in [1.82, 2.24) is 24.5 Å². The predicted octanol–water partition coefficient (Wildman–Crippen LogP) is 3.07. The number of hydrogen-bond acceptors (Lipinski definition) is 6. The largest absolute Gasteiger partial charge is 0.382 e. The third-order valence-electron chi connectivity index (χ3n) is 4.72. The number of anilines is 2. The fourth-order valence-electron chi connectivity index (χ4n) is 3.27. The van der Waals surface area contributed by atoms with Crippen molar-refractivity contribution in [1.29, 1.82) is 0 Å². The van der Waals surface area contributed by atoms with Crippen LogP contribution >= 0.6 is 11.6 Å². The summed E-state index contributed by atoms with van der Waals surface area (Å²) >= 11 is 6.14. The lowest BCUT2D eigenvalue weighted by molar-refractivity contribution is 0.670. The highest BCUT2D eigenvalue weighted by molar-refractivity contribution is 6.35. The number of nitrogens with one attached hydrogen (secondary N) is 1. The highest BCUT2D eigenvalue weighted by Gasteiger charge is 2.27. The molecule has 0 aliphatic heterocycles. The van der Waals surface area contributed by atoms with Crippen LogP contribution in [0.4, 0.5) is 11.8 Å². The first-order valence-electron chi connectivity index (χ1n) is 9.04. The van der Waals surface area contributed by atoms with Crippen molar-refractivity contribution in [2.75, 3.05) is 11.5 Å². The van der Waals surface area contributed by atoms with E-state index in [9.17, 15) is 4.79 Å². The number of aromatic nitrogens is 5. The summed E-state index contributed by atoms with van der Waals surface area (Å²) in [6.07, 6.45) is 4.61. The third-order valence-corrected chi connectivity index (χ3v) is 5.03. The van der Waals surface area contributed by atoms with Crippen LogP contribution in [0, 0.1) is 0 Å². The lowest BCUT2D eigenvalue weighted by atomic mass is 10.1. The van der Waals surface area contributed by atoms with Crippen LogP contribution in [0.3, 0.4) is 0 Å². The molecule has 0 atom stereocenters. The Morgan fingerprint density at radius 3 is 2.79 bits per heavy atom. The monoisotopic (exact) mass is 397 g/mol. The highest BCUT2D eigenvalue weighted by atomic mass is 35.5. The molecule has 1 aromatic carbocycles. The average Bonchev–Trinajstić information content (AvgIpc) is 3.38. The van der Waals surface area contributed by atoms with E-state index in [0.717, 1.165) is 30.3 Å². The Morgan fingerprint density at radius 1 is 1.29 bits per heavy atom. The molecule has 0 spiro atoms. The van der Waals surface area contributed by atoms with Gasteiger partial charge in [0.25, 0.3) is 5.56 Å². The molecule has 5 rings (SSSR count). The number of nitrogens with zero attached hydrogens (tertiary/aromatic N) is 4. The minimum absolute atomic E-state index is 0.0763. The minimum atomic E-state index is 0.0763. The molecule has 8 nitrogen and oxygen atoms in total. The second kappa shape index (κ2) is 7.12. The average molecular weight is 398 g/mol. The topological polar surface area (TPSA) is 128 Å². The van der Waals surface area contributed by atoms with E-state index in [1.807, 2.05) is 16.7 Å². The number of rotatable bonds is 2. The number of nitrogens with two attached hydrogens (primary N) is 2. The Balaban J connectivity index is 0.000000151. The van der Waals surface area contributed by atoms with Gasteiger partial charge in [-0.15, -0.1) is 0 Å². The summed E-state index contributed by atoms with van der Waals surface area (Å²) in [6, 6.07) is 8.14. The smallest absolute Gasteiger partial charge is 0.260 e. The van der Waals surface area contributed by atoms with Gasteiger partial charge in [0, 0.05) is 11.7 Å². The molecule has 0 saturated heterocycles. The molecule has 0 radical (unpaired) electrons. The van der Waals surface area contributed by atoms with Gasteiger partial charge in [-0.05, 0) is 36.8 Å². The van der Waals surface area contributed by atoms with E-state index < -0.39 is 0 Å². The molecule has 144 valence electrons. The molecule has 4 aromatic rings. The third kappa shape index (κ3) is 3.27. The van der Waals surface area contributed by atoms with Gasteiger partial charge in [0.15, 0.2) is 11.5 Å². The van der Waals surface area contributed by atoms with Crippen molar-refractivity contribution in [3.05, 3.63) is 51.7 Å². The van der Waals surface area contributed by atoms with Crippen LogP contribution in [0.1, 0.15) is 31.5 Å². The molecule has 28 heavy (non-hydrogen) atoms. The molecule has 1 saturated carbocycles. The highest BCUT2D eigenvalue weighted by Crippen LogP contribution is 2.35. The van der Waals surface area contributed by atoms with Crippen LogP contribution in [0.2, 0.25) is 5.02 Å². The molecule has 3 aromatic heterocycles. The Hall–Kier alpha value is -3.13. The number of H-pyrrole nitrogens is 1. The second-order valence-corrected chi connectivity index (χ2v) is 7.08. The summed E-state index contributed by atoms with van der Waals surface area (Å²) in [5.41, 5.74) is 13.1. The van der Waals surface area contributed by atoms with Crippen molar-refractivity contribution in [3.63, 3.8) is 0 Å². The van der Waals surface area contributed by atoms with Crippen LogP contribution in [-0.2, 0) is 6.42 Å². The van der Waals surface area contributed by atoms with E-state index >= 15 is 0 Å². The summed E-state index contributed by atoms with van der Waals surface area (Å²) in [5, 5.41) is 2.18. The fraction of sp³-hybridized carbons (Fsp3) is 0.263. The van der Waals surface area contributed by atoms with E-state index in [1.54, 1.807) is 6.07 Å². The number of aryl methyl sites for hydroxylation is 1. The number of pyridine rings is 1. The molecule has 0 bridgehead atoms. The van der Waals surface area contributed by atoms with Crippen LogP contribution in [0.15, 0.2) is 35.4 Å². The number of halogens is 1. The summed E-state index contributed by atoms with van der Waals surface area (Å²) in [6.45, 7) is 2.09. The lowest BCUT2D eigenvalue weighted by Gasteiger charge is -2.12. The van der Waals surface area contributed by atoms with Crippen molar-refractivity contribution in [2.24, 2.45) is 0 Å². The standard InChI is InChI=1S/C14H14ClNO.C5H6N6/c1-2-10-8-9-4-3-5-12(15)13(9)14(17)16(10)11-6-7-11;6-3-2-4(9-1-8-2)11-5(7)10-3/h3-5,8,11H,2,6-7H2,1H3;1H,(H5,6,7,8,9,10,11). The minimum Gasteiger partial charge on any atom is -0.382 e. The van der Waals surface area contributed by atoms with E-state index in [2.05, 4.69) is 32.9 Å². The quantitative estimate of drug-likeness (QED) is 0.476. The molecule has 0 unspecified atom stereocenters. The maximum Gasteiger partial charge on any atom is 0.260 e. The van der Waals surface area contributed by atoms with Gasteiger partial charge in [0.1, 0.15) is 5.52 Å². The van der Waals surface area contributed by atoms with E-state index in [1.165, 1.54) is 6.33 Å². The first kappa shape index (κ1) is 18.2. The Morgan fingerprint density at radius 2 is 2.07 bits per heavy atom. The van der Waals surface area contributed by atoms with Crippen LogP contribution in [-0.4, -0.2) is 24.5 Å². The molecular formula is C19H20ClN7O. The van der Waals surface area contributed by atoms with Gasteiger partial charge in [-0.3, -0.25) is 4.79 Å². The molecule has 1 aliphatic rings. The van der Waals surface area contributed by atoms with Crippen molar-refractivity contribution in [3.8, 4) is 0 Å². The molecule has 1 fully saturated rings. The SMILES string of the molecule is CCc1cc2cccc(Cl)c2c(=O)n1C1CC1.Nc1nc(N)c2[nH]cnc2n1. The summed E-state index contributed by atoms with van der Waals surface area (Å²) in [5.74, 6) is 0.465. The fourth-order valence-corrected chi connectivity index (χ4v) is 3.53. The van der Waals surface area contributed by atoms with Crippen molar-refractivity contribution in [2.45, 2.75) is 32.2 Å². The van der Waals surface area contributed by atoms with Gasteiger partial charge >= 0.3 is 0 Å². The summed E-state index contributed by atoms with van der Waals surface area (Å²) in [4.78, 5) is 26.7. The van der Waals surface area contributed by atoms with Crippen LogP contribution in [0.25, 0.3) is 21.9 Å². The van der Waals surface area contributed by atoms with E-state index in [4.69, 9.17) is 23.1 Å². The molecule has 9 heteroatoms. The number of fused-ring (bicyclic) bond motifs is 2. The predicted molar refractivity (Wildman–Crippen MR) is 111 cm³/mol. The summed E-state index contributed by atoms with van der Waals surface area (Å²) in [7, 11) is 0. The Kier molecular flexibility index (Phi) is 4.64. The number of benzene rings is 1. The number of hydrogen-bond donors (Lipinski definition) is 3. The second-order valence-electron chi connectivity index (χ2n) is 6.67. The molecule has 1 aliphatic carbocycles. The van der Waals surface area contributed by atoms with Crippen LogP contribution in [0.5, 0.6) is 0 Å². The molecule has 5 N–H and O–H groups in total. The maximum atomic E-state index is 12.5. The molecular weight excluding hydrogens is 378 g/mol. The number of imidazole rings is 1. The zero-order chi connectivity index (χ0) is 19.8. The van der Waals surface area contributed by atoms with E-state index in [0.29, 0.717) is 33.4 Å². The first-order chi connectivity index (χ1) is 13.5. The Labute approximate surface area is 165 Å².